The average Bonchev–Trinajstić information content (AvgIpc) is 2.63. The van der Waals surface area contributed by atoms with Crippen LogP contribution in [-0.4, -0.2) is 41.9 Å². The van der Waals surface area contributed by atoms with Crippen LogP contribution in [0.4, 0.5) is 5.69 Å². The summed E-state index contributed by atoms with van der Waals surface area (Å²) in [6.07, 6.45) is 0.248. The minimum atomic E-state index is -0.874. The lowest BCUT2D eigenvalue weighted by atomic mass is 9.91. The highest BCUT2D eigenvalue weighted by Gasteiger charge is 2.34. The SMILES string of the molecule is Cc1cccc(C)c1NC(=O)[C@H](C)OC(=O)C1CCN(C(=O)C(C)(C)C)CC1. The Hall–Kier alpha value is -2.37. The number of carbonyl (C=O) groups excluding carboxylic acids is 3. The summed E-state index contributed by atoms with van der Waals surface area (Å²) >= 11 is 0. The second-order valence-corrected chi connectivity index (χ2v) is 8.65. The Morgan fingerprint density at radius 3 is 2.14 bits per heavy atom. The summed E-state index contributed by atoms with van der Waals surface area (Å²) in [5, 5.41) is 2.86. The van der Waals surface area contributed by atoms with E-state index < -0.39 is 11.5 Å². The molecule has 1 aromatic rings. The van der Waals surface area contributed by atoms with Crippen LogP contribution in [0.2, 0.25) is 0 Å². The number of para-hydroxylation sites is 1. The second-order valence-electron chi connectivity index (χ2n) is 8.65. The van der Waals surface area contributed by atoms with E-state index >= 15 is 0 Å². The molecule has 2 amide bonds. The summed E-state index contributed by atoms with van der Waals surface area (Å²) in [7, 11) is 0. The molecule has 1 saturated heterocycles. The fourth-order valence-corrected chi connectivity index (χ4v) is 3.35. The van der Waals surface area contributed by atoms with Crippen molar-refractivity contribution in [2.75, 3.05) is 18.4 Å². The molecule has 1 heterocycles. The minimum Gasteiger partial charge on any atom is -0.452 e. The van der Waals surface area contributed by atoms with Crippen LogP contribution in [0.25, 0.3) is 0 Å². The molecular formula is C22H32N2O4. The van der Waals surface area contributed by atoms with Crippen LogP contribution in [0.1, 0.15) is 51.7 Å². The van der Waals surface area contributed by atoms with Gasteiger partial charge in [0.2, 0.25) is 5.91 Å². The molecule has 2 rings (SSSR count). The number of nitrogens with zero attached hydrogens (tertiary/aromatic N) is 1. The Bertz CT molecular complexity index is 723. The fraction of sp³-hybridized carbons (Fsp3) is 0.591. The number of anilines is 1. The fourth-order valence-electron chi connectivity index (χ4n) is 3.35. The number of esters is 1. The lowest BCUT2D eigenvalue weighted by molar-refractivity contribution is -0.160. The van der Waals surface area contributed by atoms with Crippen molar-refractivity contribution in [3.63, 3.8) is 0 Å². The topological polar surface area (TPSA) is 75.7 Å². The monoisotopic (exact) mass is 388 g/mol. The molecule has 6 heteroatoms. The Kier molecular flexibility index (Phi) is 6.86. The van der Waals surface area contributed by atoms with Gasteiger partial charge in [0, 0.05) is 24.2 Å². The molecule has 0 spiro atoms. The first-order valence-electron chi connectivity index (χ1n) is 9.87. The number of hydrogen-bond donors (Lipinski definition) is 1. The van der Waals surface area contributed by atoms with Crippen molar-refractivity contribution in [2.24, 2.45) is 11.3 Å². The van der Waals surface area contributed by atoms with Crippen molar-refractivity contribution in [1.29, 1.82) is 0 Å². The first-order valence-corrected chi connectivity index (χ1v) is 9.87. The van der Waals surface area contributed by atoms with Gasteiger partial charge in [-0.1, -0.05) is 39.0 Å². The number of benzene rings is 1. The second kappa shape index (κ2) is 8.76. The first kappa shape index (κ1) is 21.9. The summed E-state index contributed by atoms with van der Waals surface area (Å²) in [6.45, 7) is 12.2. The molecule has 28 heavy (non-hydrogen) atoms. The number of ether oxygens (including phenoxy) is 1. The maximum absolute atomic E-state index is 12.5. The van der Waals surface area contributed by atoms with Crippen molar-refractivity contribution in [1.82, 2.24) is 4.90 Å². The third-order valence-corrected chi connectivity index (χ3v) is 5.15. The molecule has 1 aliphatic rings. The highest BCUT2D eigenvalue weighted by molar-refractivity contribution is 5.96. The van der Waals surface area contributed by atoms with E-state index in [0.29, 0.717) is 25.9 Å². The predicted octanol–water partition coefficient (Wildman–Crippen LogP) is 3.46. The zero-order chi connectivity index (χ0) is 21.1. The van der Waals surface area contributed by atoms with Crippen LogP contribution in [0.5, 0.6) is 0 Å². The molecule has 0 radical (unpaired) electrons. The normalized spacial score (nSPS) is 16.4. The number of likely N-dealkylation sites (tertiary alicyclic amines) is 1. The Labute approximate surface area is 167 Å². The highest BCUT2D eigenvalue weighted by atomic mass is 16.5. The van der Waals surface area contributed by atoms with Crippen LogP contribution < -0.4 is 5.32 Å². The van der Waals surface area contributed by atoms with E-state index in [-0.39, 0.29) is 23.7 Å². The molecule has 1 aliphatic heterocycles. The molecule has 154 valence electrons. The van der Waals surface area contributed by atoms with Crippen molar-refractivity contribution in [3.05, 3.63) is 29.3 Å². The van der Waals surface area contributed by atoms with Gasteiger partial charge in [0.25, 0.3) is 5.91 Å². The summed E-state index contributed by atoms with van der Waals surface area (Å²) in [5.41, 5.74) is 2.25. The molecule has 0 aliphatic carbocycles. The molecule has 1 N–H and O–H groups in total. The standard InChI is InChI=1S/C22H32N2O4/c1-14-8-7-9-15(2)18(14)23-19(25)16(3)28-20(26)17-10-12-24(13-11-17)21(27)22(4,5)6/h7-9,16-17H,10-13H2,1-6H3,(H,23,25)/t16-/m0/s1. The number of piperidine rings is 1. The molecule has 1 atom stereocenters. The van der Waals surface area contributed by atoms with Gasteiger partial charge in [0.1, 0.15) is 0 Å². The van der Waals surface area contributed by atoms with Crippen molar-refractivity contribution >= 4 is 23.5 Å². The number of hydrogen-bond acceptors (Lipinski definition) is 4. The van der Waals surface area contributed by atoms with Gasteiger partial charge in [0.05, 0.1) is 5.92 Å². The third-order valence-electron chi connectivity index (χ3n) is 5.15. The van der Waals surface area contributed by atoms with E-state index in [1.165, 1.54) is 0 Å². The zero-order valence-corrected chi connectivity index (χ0v) is 17.8. The van der Waals surface area contributed by atoms with Crippen molar-refractivity contribution in [2.45, 2.75) is 60.5 Å². The zero-order valence-electron chi connectivity index (χ0n) is 17.8. The first-order chi connectivity index (χ1) is 13.0. The molecule has 6 nitrogen and oxygen atoms in total. The summed E-state index contributed by atoms with van der Waals surface area (Å²) < 4.78 is 5.41. The van der Waals surface area contributed by atoms with Crippen molar-refractivity contribution in [3.8, 4) is 0 Å². The van der Waals surface area contributed by atoms with Gasteiger partial charge in [-0.25, -0.2) is 0 Å². The summed E-state index contributed by atoms with van der Waals surface area (Å²) in [5.74, 6) is -0.891. The van der Waals surface area contributed by atoms with Crippen LogP contribution in [0.15, 0.2) is 18.2 Å². The molecular weight excluding hydrogens is 356 g/mol. The Morgan fingerprint density at radius 2 is 1.64 bits per heavy atom. The number of aryl methyl sites for hydroxylation is 2. The van der Waals surface area contributed by atoms with E-state index in [0.717, 1.165) is 16.8 Å². The molecule has 1 aromatic carbocycles. The largest absolute Gasteiger partial charge is 0.452 e. The summed E-state index contributed by atoms with van der Waals surface area (Å²) in [6, 6.07) is 5.78. The number of carbonyl (C=O) groups is 3. The summed E-state index contributed by atoms with van der Waals surface area (Å²) in [4.78, 5) is 39.1. The maximum Gasteiger partial charge on any atom is 0.309 e. The van der Waals surface area contributed by atoms with E-state index in [1.807, 2.05) is 52.8 Å². The van der Waals surface area contributed by atoms with Gasteiger partial charge >= 0.3 is 5.97 Å². The Balaban J connectivity index is 1.87. The van der Waals surface area contributed by atoms with Crippen LogP contribution in [-0.2, 0) is 19.1 Å². The van der Waals surface area contributed by atoms with E-state index in [1.54, 1.807) is 11.8 Å². The number of rotatable bonds is 4. The third kappa shape index (κ3) is 5.33. The highest BCUT2D eigenvalue weighted by Crippen LogP contribution is 2.25. The Morgan fingerprint density at radius 1 is 1.11 bits per heavy atom. The van der Waals surface area contributed by atoms with Gasteiger partial charge in [0.15, 0.2) is 6.10 Å². The molecule has 1 fully saturated rings. The van der Waals surface area contributed by atoms with E-state index in [4.69, 9.17) is 4.74 Å². The molecule has 0 saturated carbocycles. The predicted molar refractivity (Wildman–Crippen MR) is 109 cm³/mol. The van der Waals surface area contributed by atoms with Gasteiger partial charge in [-0.05, 0) is 44.7 Å². The number of nitrogens with one attached hydrogen (secondary N) is 1. The van der Waals surface area contributed by atoms with Crippen LogP contribution >= 0.6 is 0 Å². The van der Waals surface area contributed by atoms with Gasteiger partial charge in [-0.2, -0.15) is 0 Å². The molecule has 0 aromatic heterocycles. The minimum absolute atomic E-state index is 0.0978. The van der Waals surface area contributed by atoms with Crippen molar-refractivity contribution < 1.29 is 19.1 Å². The van der Waals surface area contributed by atoms with Gasteiger partial charge in [-0.3, -0.25) is 14.4 Å². The average molecular weight is 389 g/mol. The van der Waals surface area contributed by atoms with Gasteiger partial charge in [-0.15, -0.1) is 0 Å². The lowest BCUT2D eigenvalue weighted by Crippen LogP contribution is -2.45. The van der Waals surface area contributed by atoms with Crippen LogP contribution in [0.3, 0.4) is 0 Å². The molecule has 0 unspecified atom stereocenters. The van der Waals surface area contributed by atoms with Gasteiger partial charge < -0.3 is 15.0 Å². The maximum atomic E-state index is 12.5. The quantitative estimate of drug-likeness (QED) is 0.802. The smallest absolute Gasteiger partial charge is 0.309 e. The van der Waals surface area contributed by atoms with E-state index in [9.17, 15) is 14.4 Å². The number of amides is 2. The lowest BCUT2D eigenvalue weighted by Gasteiger charge is -2.35. The van der Waals surface area contributed by atoms with E-state index in [2.05, 4.69) is 5.32 Å². The molecule has 0 bridgehead atoms. The van der Waals surface area contributed by atoms with Crippen LogP contribution in [0, 0.1) is 25.2 Å².